The van der Waals surface area contributed by atoms with Gasteiger partial charge in [0.05, 0.1) is 50.5 Å². The first-order valence-corrected chi connectivity index (χ1v) is 22.3. The number of carbonyl (C=O) groups excluding carboxylic acids is 1. The lowest BCUT2D eigenvalue weighted by Gasteiger charge is -2.59. The standard InChI is InChI=1S/C46H62ClFN2O11/c1-2-23-59-46-41(50(19-26-55-27-22-53)45(54)57-25-18-47)30-39(49-61-42-15-7-10-24-56-42)36-28-32(11-5-8-20-51)35(13-6-9-21-52)43(44(36)46)37-29-34(16-17-40(37)60-46)58-31-33-12-3-4-14-38(33)48/h2-4,12,14,16-17,28-29,32,35,41-44,51-53H,1,5-11,13,15,18-27,30-31H2/t32-,35+,41-,42?,43+,44+,46+/m0/s1. The fraction of sp³-hybridized carbons (Fsp3) is 0.609. The average Bonchev–Trinajstić information content (AvgIpc) is 3.28. The van der Waals surface area contributed by atoms with Crippen molar-refractivity contribution < 1.29 is 57.8 Å². The number of fused-ring (bicyclic) bond motifs is 2. The number of halogens is 2. The Morgan fingerprint density at radius 2 is 1.85 bits per heavy atom. The number of rotatable bonds is 24. The van der Waals surface area contributed by atoms with Gasteiger partial charge >= 0.3 is 6.09 Å². The molecular formula is C46H62ClFN2O11. The van der Waals surface area contributed by atoms with Crippen molar-refractivity contribution in [2.75, 3.05) is 65.3 Å². The molecule has 61 heavy (non-hydrogen) atoms. The minimum atomic E-state index is -1.53. The summed E-state index contributed by atoms with van der Waals surface area (Å²) in [4.78, 5) is 22.0. The fourth-order valence-electron chi connectivity index (χ4n) is 9.34. The maximum Gasteiger partial charge on any atom is 0.410 e. The van der Waals surface area contributed by atoms with Crippen LogP contribution in [0.4, 0.5) is 9.18 Å². The molecule has 7 atom stereocenters. The van der Waals surface area contributed by atoms with Crippen LogP contribution in [0.25, 0.3) is 0 Å². The molecule has 0 bridgehead atoms. The maximum atomic E-state index is 14.7. The van der Waals surface area contributed by atoms with Crippen LogP contribution in [0.2, 0.25) is 0 Å². The molecule has 1 saturated heterocycles. The number of ether oxygens (including phenoxy) is 6. The highest BCUT2D eigenvalue weighted by atomic mass is 35.5. The number of nitrogens with zero attached hydrogens (tertiary/aromatic N) is 2. The first-order chi connectivity index (χ1) is 29.9. The molecule has 6 rings (SSSR count). The van der Waals surface area contributed by atoms with E-state index in [0.29, 0.717) is 48.6 Å². The van der Waals surface area contributed by atoms with Crippen LogP contribution in [-0.4, -0.2) is 115 Å². The van der Waals surface area contributed by atoms with E-state index in [-0.39, 0.29) is 95.3 Å². The van der Waals surface area contributed by atoms with Crippen LogP contribution in [0, 0.1) is 23.6 Å². The third-order valence-electron chi connectivity index (χ3n) is 12.0. The van der Waals surface area contributed by atoms with Crippen molar-refractivity contribution in [2.45, 2.75) is 94.9 Å². The van der Waals surface area contributed by atoms with Crippen LogP contribution in [0.3, 0.4) is 0 Å². The molecule has 336 valence electrons. The third-order valence-corrected chi connectivity index (χ3v) is 12.2. The van der Waals surface area contributed by atoms with E-state index in [1.165, 1.54) is 6.07 Å². The minimum Gasteiger partial charge on any atom is -0.489 e. The Morgan fingerprint density at radius 1 is 1.03 bits per heavy atom. The van der Waals surface area contributed by atoms with Gasteiger partial charge in [0.15, 0.2) is 0 Å². The van der Waals surface area contributed by atoms with Crippen molar-refractivity contribution in [2.24, 2.45) is 22.9 Å². The lowest BCUT2D eigenvalue weighted by molar-refractivity contribution is -0.256. The van der Waals surface area contributed by atoms with E-state index in [1.807, 2.05) is 12.1 Å². The summed E-state index contributed by atoms with van der Waals surface area (Å²) in [6.45, 7) is 4.75. The largest absolute Gasteiger partial charge is 0.489 e. The molecule has 1 amide bonds. The van der Waals surface area contributed by atoms with Crippen molar-refractivity contribution >= 4 is 23.4 Å². The van der Waals surface area contributed by atoms with Crippen molar-refractivity contribution in [3.63, 3.8) is 0 Å². The second-order valence-corrected chi connectivity index (χ2v) is 16.3. The molecule has 2 aliphatic heterocycles. The predicted octanol–water partition coefficient (Wildman–Crippen LogP) is 7.25. The molecule has 2 heterocycles. The van der Waals surface area contributed by atoms with E-state index >= 15 is 0 Å². The molecule has 1 saturated carbocycles. The number of amides is 1. The molecule has 2 aromatic rings. The number of hydrogen-bond donors (Lipinski definition) is 3. The van der Waals surface area contributed by atoms with E-state index in [0.717, 1.165) is 49.7 Å². The highest BCUT2D eigenvalue weighted by molar-refractivity contribution is 6.18. The molecule has 1 unspecified atom stereocenters. The smallest absolute Gasteiger partial charge is 0.410 e. The van der Waals surface area contributed by atoms with Gasteiger partial charge in [-0.05, 0) is 80.2 Å². The Bertz CT molecular complexity index is 1780. The van der Waals surface area contributed by atoms with Gasteiger partial charge in [0.2, 0.25) is 12.1 Å². The predicted molar refractivity (Wildman–Crippen MR) is 227 cm³/mol. The van der Waals surface area contributed by atoms with Crippen molar-refractivity contribution in [1.29, 1.82) is 0 Å². The number of aliphatic hydroxyl groups is 3. The van der Waals surface area contributed by atoms with Gasteiger partial charge < -0.3 is 48.6 Å². The Morgan fingerprint density at radius 3 is 2.59 bits per heavy atom. The Balaban J connectivity index is 1.55. The number of oxime groups is 1. The summed E-state index contributed by atoms with van der Waals surface area (Å²) in [5, 5.41) is 34.2. The number of allylic oxidation sites excluding steroid dienone is 1. The van der Waals surface area contributed by atoms with Crippen LogP contribution < -0.4 is 9.47 Å². The van der Waals surface area contributed by atoms with Crippen LogP contribution in [0.15, 0.2) is 71.9 Å². The van der Waals surface area contributed by atoms with Crippen molar-refractivity contribution in [3.05, 3.63) is 83.7 Å². The lowest BCUT2D eigenvalue weighted by atomic mass is 9.55. The average molecular weight is 873 g/mol. The van der Waals surface area contributed by atoms with Gasteiger partial charge in [0.1, 0.15) is 36.6 Å². The maximum absolute atomic E-state index is 14.7. The summed E-state index contributed by atoms with van der Waals surface area (Å²) < 4.78 is 52.6. The number of unbranched alkanes of at least 4 members (excludes halogenated alkanes) is 2. The molecule has 2 fully saturated rings. The topological polar surface area (TPSA) is 158 Å². The molecule has 0 spiro atoms. The zero-order valence-corrected chi connectivity index (χ0v) is 35.7. The Hall–Kier alpha value is -3.76. The summed E-state index contributed by atoms with van der Waals surface area (Å²) >= 11 is 6.03. The van der Waals surface area contributed by atoms with Gasteiger partial charge in [-0.2, -0.15) is 0 Å². The molecule has 3 N–H and O–H groups in total. The molecule has 4 aliphatic rings. The van der Waals surface area contributed by atoms with E-state index in [4.69, 9.17) is 50.0 Å². The first-order valence-electron chi connectivity index (χ1n) is 21.8. The quantitative estimate of drug-likeness (QED) is 0.0423. The second kappa shape index (κ2) is 23.6. The van der Waals surface area contributed by atoms with E-state index in [2.05, 4.69) is 12.7 Å². The molecule has 2 aliphatic carbocycles. The van der Waals surface area contributed by atoms with Crippen LogP contribution >= 0.6 is 11.6 Å². The van der Waals surface area contributed by atoms with Crippen LogP contribution in [0.5, 0.6) is 11.5 Å². The molecule has 2 aromatic carbocycles. The summed E-state index contributed by atoms with van der Waals surface area (Å²) in [5.74, 6) is -1.65. The first kappa shape index (κ1) is 46.7. The summed E-state index contributed by atoms with van der Waals surface area (Å²) in [7, 11) is 0. The van der Waals surface area contributed by atoms with Gasteiger partial charge in [-0.3, -0.25) is 4.90 Å². The number of hydrogen-bond acceptors (Lipinski definition) is 12. The van der Waals surface area contributed by atoms with Gasteiger partial charge in [0.25, 0.3) is 0 Å². The molecule has 15 heteroatoms. The highest BCUT2D eigenvalue weighted by Crippen LogP contribution is 2.62. The molecule has 13 nitrogen and oxygen atoms in total. The van der Waals surface area contributed by atoms with Gasteiger partial charge in [-0.25, -0.2) is 9.18 Å². The molecule has 0 radical (unpaired) electrons. The normalized spacial score (nSPS) is 26.0. The summed E-state index contributed by atoms with van der Waals surface area (Å²) in [5.41, 5.74) is 2.75. The Labute approximate surface area is 363 Å². The van der Waals surface area contributed by atoms with Crippen molar-refractivity contribution in [3.8, 4) is 11.5 Å². The molecule has 0 aromatic heterocycles. The van der Waals surface area contributed by atoms with Gasteiger partial charge in [0, 0.05) is 49.6 Å². The minimum absolute atomic E-state index is 0.0110. The zero-order chi connectivity index (χ0) is 43.0. The highest BCUT2D eigenvalue weighted by Gasteiger charge is 2.65. The van der Waals surface area contributed by atoms with E-state index < -0.39 is 30.1 Å². The van der Waals surface area contributed by atoms with Gasteiger partial charge in [-0.15, -0.1) is 18.2 Å². The van der Waals surface area contributed by atoms with Crippen LogP contribution in [0.1, 0.15) is 81.3 Å². The van der Waals surface area contributed by atoms with Gasteiger partial charge in [-0.1, -0.05) is 48.3 Å². The zero-order valence-electron chi connectivity index (χ0n) is 35.0. The number of aliphatic hydroxyl groups excluding tert-OH is 3. The number of alkyl halides is 1. The van der Waals surface area contributed by atoms with E-state index in [9.17, 15) is 24.5 Å². The fourth-order valence-corrected chi connectivity index (χ4v) is 9.42. The number of benzene rings is 2. The summed E-state index contributed by atoms with van der Waals surface area (Å²) in [6.07, 6.45) is 9.72. The third kappa shape index (κ3) is 11.4. The monoisotopic (exact) mass is 872 g/mol. The second-order valence-electron chi connectivity index (χ2n) is 15.9. The van der Waals surface area contributed by atoms with Crippen LogP contribution in [-0.2, 0) is 30.4 Å². The Kier molecular flexibility index (Phi) is 18.1. The lowest BCUT2D eigenvalue weighted by Crippen LogP contribution is -2.70. The van der Waals surface area contributed by atoms with Crippen molar-refractivity contribution in [1.82, 2.24) is 4.90 Å². The summed E-state index contributed by atoms with van der Waals surface area (Å²) in [6, 6.07) is 11.2. The number of carbonyl (C=O) groups is 1. The molecular weight excluding hydrogens is 811 g/mol. The SMILES string of the molecule is C=CCO[C@@]12Oc3ccc(OCc4ccccc4F)cc3[C@H]3[C@H](CCCCO)[C@@H](CCCCO)C=C(C(=NOC4CCCCO4)C[C@@H]1N(CCOCCO)C(=O)OCCCl)[C@H]32. The van der Waals surface area contributed by atoms with E-state index in [1.54, 1.807) is 35.2 Å².